The summed E-state index contributed by atoms with van der Waals surface area (Å²) in [6.45, 7) is 10.4. The van der Waals surface area contributed by atoms with Gasteiger partial charge in [0.2, 0.25) is 0 Å². The topological polar surface area (TPSA) is 9.23 Å². The molecule has 0 aromatic rings. The van der Waals surface area contributed by atoms with E-state index in [2.05, 4.69) is 20.2 Å². The first-order valence-corrected chi connectivity index (χ1v) is 5.40. The summed E-state index contributed by atoms with van der Waals surface area (Å²) < 4.78 is 27.7. The molecule has 0 aromatic carbocycles. The molecule has 0 aromatic heterocycles. The Hall–Kier alpha value is 0.769. The molecule has 86 valence electrons. The van der Waals surface area contributed by atoms with Crippen molar-refractivity contribution in [1.29, 1.82) is 0 Å². The van der Waals surface area contributed by atoms with Gasteiger partial charge in [0.15, 0.2) is 0 Å². The minimum atomic E-state index is -2.74. The third-order valence-corrected chi connectivity index (χ3v) is 2.28. The monoisotopic (exact) mass is 262 g/mol. The van der Waals surface area contributed by atoms with Gasteiger partial charge in [-0.2, -0.15) is 8.39 Å². The van der Waals surface area contributed by atoms with E-state index in [4.69, 9.17) is 0 Å². The first kappa shape index (κ1) is 16.2. The van der Waals surface area contributed by atoms with Gasteiger partial charge in [-0.3, -0.25) is 0 Å². The van der Waals surface area contributed by atoms with Gasteiger partial charge in [-0.25, -0.2) is 0 Å². The van der Waals surface area contributed by atoms with Crippen molar-refractivity contribution >= 4 is 8.54 Å². The standard InChI is InChI=1S/C4H9F2P.C4H9O.Cu/c1-4(2,3)7(5)6;1-4(2,3)5;/h1-3H3;1-3H3;/q;-1;+1. The number of hydrogen-bond acceptors (Lipinski definition) is 1. The van der Waals surface area contributed by atoms with Crippen LogP contribution in [0.25, 0.3) is 0 Å². The Balaban J connectivity index is 0. The molecule has 0 spiro atoms. The summed E-state index contributed by atoms with van der Waals surface area (Å²) in [7, 11) is -2.74. The molecule has 0 atom stereocenters. The average molecular weight is 263 g/mol. The van der Waals surface area contributed by atoms with Crippen LogP contribution in [0.5, 0.6) is 0 Å². The molecule has 0 aliphatic rings. The predicted octanol–water partition coefficient (Wildman–Crippen LogP) is 4.30. The van der Waals surface area contributed by atoms with Crippen molar-refractivity contribution < 1.29 is 28.6 Å². The third-order valence-electron chi connectivity index (χ3n) is 0.692. The minimum absolute atomic E-state index is 0.153. The summed E-state index contributed by atoms with van der Waals surface area (Å²) in [5.74, 6) is 0. The molecule has 0 rings (SSSR count). The Bertz CT molecular complexity index is 129. The summed E-state index contributed by atoms with van der Waals surface area (Å²) in [4.78, 5) is 0. The molecule has 0 N–H and O–H groups in total. The Morgan fingerprint density at radius 3 is 1.15 bits per heavy atom. The first-order chi connectivity index (χ1) is 5.50. The molecule has 0 radical (unpaired) electrons. The molecule has 0 unspecified atom stereocenters. The Morgan fingerprint density at radius 2 is 1.15 bits per heavy atom. The van der Waals surface area contributed by atoms with Crippen LogP contribution in [0.2, 0.25) is 0 Å². The van der Waals surface area contributed by atoms with Crippen molar-refractivity contribution in [1.82, 2.24) is 0 Å². The maximum atomic E-state index is 11.6. The molecule has 0 saturated heterocycles. The molecule has 0 amide bonds. The summed E-state index contributed by atoms with van der Waals surface area (Å²) in [6.07, 6.45) is 0. The van der Waals surface area contributed by atoms with Crippen molar-refractivity contribution in [3.63, 3.8) is 0 Å². The van der Waals surface area contributed by atoms with Gasteiger partial charge in [-0.05, 0) is 0 Å². The van der Waals surface area contributed by atoms with Gasteiger partial charge in [0, 0.05) is 5.16 Å². The molecule has 0 aliphatic carbocycles. The van der Waals surface area contributed by atoms with Gasteiger partial charge >= 0.3 is 46.5 Å². The van der Waals surface area contributed by atoms with Gasteiger partial charge in [0.25, 0.3) is 8.54 Å². The number of rotatable bonds is 0. The van der Waals surface area contributed by atoms with E-state index in [0.29, 0.717) is 0 Å². The van der Waals surface area contributed by atoms with Crippen LogP contribution in [0.15, 0.2) is 0 Å². The fourth-order valence-corrected chi connectivity index (χ4v) is 0. The average Bonchev–Trinajstić information content (AvgIpc) is 1.85. The second-order valence-electron chi connectivity index (χ2n) is 4.58. The van der Waals surface area contributed by atoms with Crippen LogP contribution in [-0.2, 0) is 20.2 Å². The van der Waals surface area contributed by atoms with Crippen LogP contribution in [0.3, 0.4) is 0 Å². The Kier molecular flexibility index (Phi) is 7.84. The van der Waals surface area contributed by atoms with E-state index >= 15 is 0 Å². The van der Waals surface area contributed by atoms with Crippen LogP contribution >= 0.6 is 8.54 Å². The van der Waals surface area contributed by atoms with E-state index in [9.17, 15) is 8.39 Å². The van der Waals surface area contributed by atoms with Gasteiger partial charge < -0.3 is 0 Å². The van der Waals surface area contributed by atoms with Crippen molar-refractivity contribution in [2.45, 2.75) is 52.3 Å². The van der Waals surface area contributed by atoms with Gasteiger partial charge in [0.1, 0.15) is 0 Å². The molecule has 1 nitrogen and oxygen atoms in total. The summed E-state index contributed by atoms with van der Waals surface area (Å²) in [5.41, 5.74) is -0.153. The molecular formula is C8H18CuF2OP. The van der Waals surface area contributed by atoms with Crippen LogP contribution in [0.1, 0.15) is 41.5 Å². The predicted molar refractivity (Wildman–Crippen MR) is 49.7 cm³/mol. The molecular weight excluding hydrogens is 245 g/mol. The van der Waals surface area contributed by atoms with Gasteiger partial charge in [-0.1, -0.05) is 20.8 Å². The summed E-state index contributed by atoms with van der Waals surface area (Å²) in [5, 5.41) is -0.769. The molecule has 5 heteroatoms. The molecule has 0 aliphatic heterocycles. The fraction of sp³-hybridized carbons (Fsp3) is 1.00. The summed E-state index contributed by atoms with van der Waals surface area (Å²) >= 11 is 4.42. The SMILES string of the molecule is CC(C)(C)P(F)F.CC(C)(C)[O][Cu]. The zero-order chi connectivity index (χ0) is 11.3. The molecule has 13 heavy (non-hydrogen) atoms. The fourth-order valence-electron chi connectivity index (χ4n) is 0. The van der Waals surface area contributed by atoms with Crippen molar-refractivity contribution in [2.75, 3.05) is 0 Å². The van der Waals surface area contributed by atoms with Crippen molar-refractivity contribution in [3.05, 3.63) is 0 Å². The van der Waals surface area contributed by atoms with E-state index in [1.807, 2.05) is 20.8 Å². The van der Waals surface area contributed by atoms with Gasteiger partial charge in [-0.15, -0.1) is 0 Å². The van der Waals surface area contributed by atoms with Crippen LogP contribution < -0.4 is 0 Å². The molecule has 0 bridgehead atoms. The quantitative estimate of drug-likeness (QED) is 0.467. The zero-order valence-electron chi connectivity index (χ0n) is 8.91. The maximum absolute atomic E-state index is 11.6. The third kappa shape index (κ3) is 15.5. The van der Waals surface area contributed by atoms with E-state index in [-0.39, 0.29) is 5.60 Å². The molecule has 0 fully saturated rings. The summed E-state index contributed by atoms with van der Waals surface area (Å²) in [6, 6.07) is 0. The number of halogens is 2. The van der Waals surface area contributed by atoms with E-state index < -0.39 is 13.7 Å². The van der Waals surface area contributed by atoms with Crippen LogP contribution in [0.4, 0.5) is 8.39 Å². The normalized spacial score (nSPS) is 12.5. The van der Waals surface area contributed by atoms with E-state index in [0.717, 1.165) is 0 Å². The second-order valence-corrected chi connectivity index (χ2v) is 6.58. The van der Waals surface area contributed by atoms with Crippen LogP contribution in [0, 0.1) is 0 Å². The second kappa shape index (κ2) is 6.29. The first-order valence-electron chi connectivity index (χ1n) is 3.89. The number of hydrogen-bond donors (Lipinski definition) is 0. The Labute approximate surface area is 89.8 Å². The molecule has 0 heterocycles. The zero-order valence-corrected chi connectivity index (χ0v) is 10.7. The van der Waals surface area contributed by atoms with E-state index in [1.54, 1.807) is 20.8 Å². The van der Waals surface area contributed by atoms with Crippen molar-refractivity contribution in [2.24, 2.45) is 0 Å². The van der Waals surface area contributed by atoms with Gasteiger partial charge in [0.05, 0.1) is 0 Å². The Morgan fingerprint density at radius 1 is 1.00 bits per heavy atom. The van der Waals surface area contributed by atoms with Crippen LogP contribution in [-0.4, -0.2) is 10.8 Å². The molecule has 0 saturated carbocycles. The van der Waals surface area contributed by atoms with Crippen molar-refractivity contribution in [3.8, 4) is 0 Å². The van der Waals surface area contributed by atoms with E-state index in [1.165, 1.54) is 0 Å².